The molecule has 6 rings (SSSR count). The smallest absolute Gasteiger partial charge is 0.319 e. The number of ketones is 1. The Morgan fingerprint density at radius 3 is 2.43 bits per heavy atom. The summed E-state index contributed by atoms with van der Waals surface area (Å²) in [6.07, 6.45) is 8.87. The van der Waals surface area contributed by atoms with E-state index in [1.165, 1.54) is 0 Å². The Morgan fingerprint density at radius 2 is 1.80 bits per heavy atom. The number of allylic oxidation sites excluding steroid dienone is 11. The number of hydrogen-bond donors (Lipinski definition) is 4. The maximum absolute atomic E-state index is 13.8. The minimum absolute atomic E-state index is 0.131. The second-order valence-electron chi connectivity index (χ2n) is 11.5. The van der Waals surface area contributed by atoms with Crippen molar-refractivity contribution >= 4 is 34.9 Å². The van der Waals surface area contributed by atoms with Crippen LogP contribution in [0.3, 0.4) is 0 Å². The number of Topliss-reactive ketones (excluding diaryl/α,β-unsaturated/α-hetero) is 1. The highest BCUT2D eigenvalue weighted by Gasteiger charge is 2.51. The number of nitrogens with one attached hydrogen (secondary N) is 1. The quantitative estimate of drug-likeness (QED) is 0.244. The molecule has 1 saturated heterocycles. The van der Waals surface area contributed by atoms with Crippen molar-refractivity contribution in [3.63, 3.8) is 0 Å². The second-order valence-corrected chi connectivity index (χ2v) is 11.5. The summed E-state index contributed by atoms with van der Waals surface area (Å²) in [7, 11) is 0. The number of nitrogens with zero attached hydrogens (tertiary/aromatic N) is 3. The predicted octanol–water partition coefficient (Wildman–Crippen LogP) is 5.20. The Morgan fingerprint density at radius 1 is 1.05 bits per heavy atom. The first-order valence-corrected chi connectivity index (χ1v) is 14.6. The lowest BCUT2D eigenvalue weighted by atomic mass is 9.85. The van der Waals surface area contributed by atoms with Crippen molar-refractivity contribution in [3.05, 3.63) is 105 Å². The van der Waals surface area contributed by atoms with Crippen molar-refractivity contribution < 1.29 is 29.7 Å². The molecule has 0 aromatic carbocycles. The van der Waals surface area contributed by atoms with Gasteiger partial charge in [-0.25, -0.2) is 15.0 Å². The molecule has 224 valence electrons. The van der Waals surface area contributed by atoms with Crippen LogP contribution in [-0.2, 0) is 14.4 Å². The average Bonchev–Trinajstić information content (AvgIpc) is 3.72. The van der Waals surface area contributed by atoms with Crippen LogP contribution in [0.2, 0.25) is 0 Å². The largest absolute Gasteiger partial charge is 0.515 e. The number of aliphatic hydroxyl groups is 1. The van der Waals surface area contributed by atoms with Crippen LogP contribution in [0.25, 0.3) is 0 Å². The summed E-state index contributed by atoms with van der Waals surface area (Å²) < 4.78 is 0. The molecule has 6 aliphatic rings. The Labute approximate surface area is 254 Å². The summed E-state index contributed by atoms with van der Waals surface area (Å²) in [4.78, 5) is 52.6. The van der Waals surface area contributed by atoms with Gasteiger partial charge >= 0.3 is 11.9 Å². The lowest BCUT2D eigenvalue weighted by molar-refractivity contribution is -0.143. The molecule has 44 heavy (non-hydrogen) atoms. The number of carbonyl (C=O) groups excluding carboxylic acids is 1. The van der Waals surface area contributed by atoms with Gasteiger partial charge in [-0.15, -0.1) is 0 Å². The fourth-order valence-corrected chi connectivity index (χ4v) is 6.88. The maximum atomic E-state index is 13.8. The Kier molecular flexibility index (Phi) is 6.95. The molecule has 4 N–H and O–H groups in total. The summed E-state index contributed by atoms with van der Waals surface area (Å²) in [5, 5.41) is 33.5. The molecule has 5 heterocycles. The molecule has 10 heteroatoms. The second kappa shape index (κ2) is 10.6. The number of aliphatic hydroxyl groups excluding tert-OH is 1. The Balaban J connectivity index is 1.69. The van der Waals surface area contributed by atoms with Gasteiger partial charge in [-0.1, -0.05) is 26.5 Å². The molecule has 0 aromatic rings. The van der Waals surface area contributed by atoms with E-state index in [-0.39, 0.29) is 29.9 Å². The molecule has 1 aliphatic carbocycles. The van der Waals surface area contributed by atoms with E-state index in [2.05, 4.69) is 11.9 Å². The molecule has 1 saturated carbocycles. The van der Waals surface area contributed by atoms with Gasteiger partial charge in [0.2, 0.25) is 0 Å². The van der Waals surface area contributed by atoms with Crippen molar-refractivity contribution in [1.29, 1.82) is 0 Å². The molecule has 3 atom stereocenters. The summed E-state index contributed by atoms with van der Waals surface area (Å²) in [5.41, 5.74) is 8.42. The van der Waals surface area contributed by atoms with Crippen LogP contribution in [0.15, 0.2) is 120 Å². The first-order chi connectivity index (χ1) is 21.0. The summed E-state index contributed by atoms with van der Waals surface area (Å²) in [5.74, 6) is -4.92. The van der Waals surface area contributed by atoms with E-state index < -0.39 is 29.6 Å². The number of rotatable bonds is 6. The van der Waals surface area contributed by atoms with Crippen LogP contribution < -0.4 is 5.32 Å². The normalized spacial score (nSPS) is 26.6. The number of aliphatic imine (C=N–C) groups is 3. The van der Waals surface area contributed by atoms with Gasteiger partial charge in [0.15, 0.2) is 5.78 Å². The van der Waals surface area contributed by atoms with Gasteiger partial charge in [0.25, 0.3) is 0 Å². The van der Waals surface area contributed by atoms with Crippen LogP contribution in [0, 0.1) is 17.8 Å². The van der Waals surface area contributed by atoms with Crippen LogP contribution in [-0.4, -0.2) is 50.2 Å². The summed E-state index contributed by atoms with van der Waals surface area (Å²) >= 11 is 0. The Bertz CT molecular complexity index is 1850. The molecule has 0 unspecified atom stereocenters. The van der Waals surface area contributed by atoms with Crippen LogP contribution >= 0.6 is 0 Å². The number of carbonyl (C=O) groups is 3. The van der Waals surface area contributed by atoms with Gasteiger partial charge in [-0.2, -0.15) is 0 Å². The molecule has 0 aromatic heterocycles. The fourth-order valence-electron chi connectivity index (χ4n) is 6.88. The van der Waals surface area contributed by atoms with Crippen LogP contribution in [0.4, 0.5) is 0 Å². The topological polar surface area (TPSA) is 161 Å². The van der Waals surface area contributed by atoms with Crippen molar-refractivity contribution in [2.75, 3.05) is 0 Å². The zero-order valence-corrected chi connectivity index (χ0v) is 24.9. The lowest BCUT2D eigenvalue weighted by Crippen LogP contribution is -2.25. The molecule has 0 amide bonds. The molecule has 2 fully saturated rings. The zero-order chi connectivity index (χ0) is 31.6. The van der Waals surface area contributed by atoms with Crippen molar-refractivity contribution in [2.45, 2.75) is 47.0 Å². The number of fused-ring (bicyclic) bond motifs is 5. The molecule has 5 aliphatic heterocycles. The van der Waals surface area contributed by atoms with Gasteiger partial charge in [-0.05, 0) is 61.6 Å². The molecule has 0 spiro atoms. The van der Waals surface area contributed by atoms with Gasteiger partial charge in [-0.3, -0.25) is 14.4 Å². The highest BCUT2D eigenvalue weighted by Crippen LogP contribution is 2.47. The number of aliphatic carboxylic acids is 2. The average molecular weight is 593 g/mol. The fraction of sp³-hybridized carbons (Fsp3) is 0.294. The lowest BCUT2D eigenvalue weighted by Gasteiger charge is -2.18. The maximum Gasteiger partial charge on any atom is 0.319 e. The van der Waals surface area contributed by atoms with Crippen molar-refractivity contribution in [2.24, 2.45) is 32.7 Å². The molecular formula is C34H32N4O6. The van der Waals surface area contributed by atoms with Crippen LogP contribution in [0.5, 0.6) is 0 Å². The van der Waals surface area contributed by atoms with E-state index in [0.717, 1.165) is 28.7 Å². The standard InChI is InChI=1S/C34H32N4O6/c1-6-17-14(3)21-10-22-15(4)19(8-9-27(40)41)31(37-22)29-30(34(43)44)33(42)28-16(5)23(38-32(28)29)11-25-18(7-2)20(13-39)26(36-25)12-24(17)35-21/h6,10-13,15,19,30,37,39H,1,7-9H2,2-5H3,(H,40,41)(H,43,44)/b20-13-,22-10?,23-11?,24-12?,31-29?/t15-,19-,30+/m0/s1. The van der Waals surface area contributed by atoms with E-state index in [1.54, 1.807) is 19.1 Å². The van der Waals surface area contributed by atoms with E-state index in [4.69, 9.17) is 15.0 Å². The zero-order valence-electron chi connectivity index (χ0n) is 24.9. The minimum atomic E-state index is -1.47. The van der Waals surface area contributed by atoms with E-state index in [1.807, 2.05) is 32.9 Å². The van der Waals surface area contributed by atoms with Crippen molar-refractivity contribution in [3.8, 4) is 0 Å². The molecular weight excluding hydrogens is 560 g/mol. The molecule has 10 nitrogen and oxygen atoms in total. The summed E-state index contributed by atoms with van der Waals surface area (Å²) in [6, 6.07) is 0. The van der Waals surface area contributed by atoms with Gasteiger partial charge in [0, 0.05) is 51.9 Å². The summed E-state index contributed by atoms with van der Waals surface area (Å²) in [6.45, 7) is 11.6. The first-order valence-electron chi connectivity index (χ1n) is 14.6. The number of carboxylic acids is 2. The minimum Gasteiger partial charge on any atom is -0.515 e. The van der Waals surface area contributed by atoms with Gasteiger partial charge in [0.05, 0.1) is 40.5 Å². The van der Waals surface area contributed by atoms with Crippen LogP contribution in [0.1, 0.15) is 47.0 Å². The first kappa shape index (κ1) is 29.0. The third-order valence-corrected chi connectivity index (χ3v) is 9.21. The third kappa shape index (κ3) is 4.24. The molecule has 0 radical (unpaired) electrons. The highest BCUT2D eigenvalue weighted by molar-refractivity contribution is 6.42. The number of hydrogen-bond acceptors (Lipinski definition) is 8. The SMILES string of the molecule is C=CC1=C(C)C2=NC1=CC1=NC(=C(CC)/C1=C/O)C=C1N=C3C(=C1C)C(=O)[C@H](C(=O)O)C3=C1NC(=C2)[C@@H](C)[C@@H]1CCC(=O)O. The molecule has 8 bridgehead atoms. The van der Waals surface area contributed by atoms with Gasteiger partial charge in [0.1, 0.15) is 5.92 Å². The van der Waals surface area contributed by atoms with Gasteiger partial charge < -0.3 is 20.6 Å². The monoisotopic (exact) mass is 592 g/mol. The van der Waals surface area contributed by atoms with E-state index in [0.29, 0.717) is 57.5 Å². The Hall–Kier alpha value is -5.12. The highest BCUT2D eigenvalue weighted by atomic mass is 16.4. The van der Waals surface area contributed by atoms with E-state index in [9.17, 15) is 29.7 Å². The number of carboxylic acid groups (broad SMARTS) is 2. The third-order valence-electron chi connectivity index (χ3n) is 9.21. The van der Waals surface area contributed by atoms with E-state index >= 15 is 0 Å². The predicted molar refractivity (Wildman–Crippen MR) is 166 cm³/mol. The van der Waals surface area contributed by atoms with Crippen molar-refractivity contribution in [1.82, 2.24) is 5.32 Å².